The number of hydrogen-bond acceptors (Lipinski definition) is 5. The van der Waals surface area contributed by atoms with Gasteiger partial charge in [-0.3, -0.25) is 0 Å². The summed E-state index contributed by atoms with van der Waals surface area (Å²) in [7, 11) is -3.26. The molecule has 1 saturated heterocycles. The van der Waals surface area contributed by atoms with Crippen LogP contribution in [0.1, 0.15) is 18.6 Å². The van der Waals surface area contributed by atoms with Crippen molar-refractivity contribution in [1.82, 2.24) is 0 Å². The molecule has 1 aliphatic heterocycles. The van der Waals surface area contributed by atoms with E-state index < -0.39 is 28.1 Å². The molecule has 106 valence electrons. The predicted molar refractivity (Wildman–Crippen MR) is 71.2 cm³/mol. The molecule has 0 aliphatic carbocycles. The van der Waals surface area contributed by atoms with Crippen LogP contribution in [0.3, 0.4) is 0 Å². The highest BCUT2D eigenvalue weighted by atomic mass is 35.5. The maximum Gasteiger partial charge on any atom is 0.156 e. The molecule has 2 rings (SSSR count). The molecule has 1 aromatic rings. The van der Waals surface area contributed by atoms with E-state index in [9.17, 15) is 18.6 Å². The summed E-state index contributed by atoms with van der Waals surface area (Å²) in [5.74, 6) is -0.212. The molecule has 1 aromatic carbocycles. The fourth-order valence-corrected chi connectivity index (χ4v) is 3.84. The van der Waals surface area contributed by atoms with Gasteiger partial charge in [-0.2, -0.15) is 0 Å². The van der Waals surface area contributed by atoms with Crippen LogP contribution in [0.5, 0.6) is 5.75 Å². The van der Waals surface area contributed by atoms with Crippen LogP contribution in [0.15, 0.2) is 18.2 Å². The zero-order valence-corrected chi connectivity index (χ0v) is 11.9. The van der Waals surface area contributed by atoms with Crippen LogP contribution in [-0.4, -0.2) is 42.3 Å². The van der Waals surface area contributed by atoms with E-state index in [1.54, 1.807) is 25.1 Å². The average Bonchev–Trinajstić information content (AvgIpc) is 2.54. The topological polar surface area (TPSA) is 83.8 Å². The van der Waals surface area contributed by atoms with Crippen LogP contribution < -0.4 is 4.74 Å². The number of halogens is 1. The Hall–Kier alpha value is -0.820. The van der Waals surface area contributed by atoms with Gasteiger partial charge < -0.3 is 14.9 Å². The summed E-state index contributed by atoms with van der Waals surface area (Å²) in [5, 5.41) is 19.3. The number of hydrogen-bond donors (Lipinski definition) is 2. The number of ether oxygens (including phenoxy) is 1. The van der Waals surface area contributed by atoms with Crippen LogP contribution >= 0.6 is 11.6 Å². The lowest BCUT2D eigenvalue weighted by atomic mass is 10.1. The van der Waals surface area contributed by atoms with Gasteiger partial charge in [-0.05, 0) is 24.6 Å². The van der Waals surface area contributed by atoms with Gasteiger partial charge in [0, 0.05) is 0 Å². The van der Waals surface area contributed by atoms with Crippen LogP contribution in [0.4, 0.5) is 0 Å². The quantitative estimate of drug-likeness (QED) is 0.868. The lowest BCUT2D eigenvalue weighted by Gasteiger charge is -2.17. The molecule has 1 aliphatic rings. The summed E-state index contributed by atoms with van der Waals surface area (Å²) in [4.78, 5) is 0. The second kappa shape index (κ2) is 5.28. The zero-order valence-electron chi connectivity index (χ0n) is 10.3. The Morgan fingerprint density at radius 1 is 1.42 bits per heavy atom. The van der Waals surface area contributed by atoms with E-state index in [0.717, 1.165) is 0 Å². The van der Waals surface area contributed by atoms with Crippen molar-refractivity contribution >= 4 is 21.4 Å². The van der Waals surface area contributed by atoms with E-state index in [4.69, 9.17) is 16.3 Å². The van der Waals surface area contributed by atoms with Gasteiger partial charge in [0.2, 0.25) is 0 Å². The first-order valence-electron chi connectivity index (χ1n) is 5.81. The van der Waals surface area contributed by atoms with Gasteiger partial charge in [0.1, 0.15) is 18.0 Å². The third-order valence-electron chi connectivity index (χ3n) is 2.99. The Morgan fingerprint density at radius 3 is 2.58 bits per heavy atom. The monoisotopic (exact) mass is 306 g/mol. The molecule has 2 N–H and O–H groups in total. The summed E-state index contributed by atoms with van der Waals surface area (Å²) in [6.45, 7) is 1.61. The van der Waals surface area contributed by atoms with Gasteiger partial charge in [0.25, 0.3) is 0 Å². The first-order chi connectivity index (χ1) is 8.78. The van der Waals surface area contributed by atoms with Crippen molar-refractivity contribution in [3.8, 4) is 5.75 Å². The fraction of sp³-hybridized carbons (Fsp3) is 0.500. The summed E-state index contributed by atoms with van der Waals surface area (Å²) >= 11 is 6.00. The summed E-state index contributed by atoms with van der Waals surface area (Å²) in [6, 6.07) is 4.75. The van der Waals surface area contributed by atoms with Crippen molar-refractivity contribution in [2.75, 3.05) is 11.5 Å². The second-order valence-electron chi connectivity index (χ2n) is 4.67. The number of aliphatic hydroxyl groups is 2. The van der Waals surface area contributed by atoms with Crippen molar-refractivity contribution in [3.63, 3.8) is 0 Å². The van der Waals surface area contributed by atoms with E-state index in [0.29, 0.717) is 11.3 Å². The summed E-state index contributed by atoms with van der Waals surface area (Å²) < 4.78 is 28.2. The molecule has 1 heterocycles. The van der Waals surface area contributed by atoms with Gasteiger partial charge in [0.15, 0.2) is 9.84 Å². The van der Waals surface area contributed by atoms with E-state index in [-0.39, 0.29) is 16.5 Å². The van der Waals surface area contributed by atoms with Gasteiger partial charge in [0.05, 0.1) is 22.6 Å². The molecular weight excluding hydrogens is 292 g/mol. The van der Waals surface area contributed by atoms with Crippen LogP contribution in [-0.2, 0) is 9.84 Å². The molecule has 2 unspecified atom stereocenters. The molecule has 3 atom stereocenters. The van der Waals surface area contributed by atoms with Crippen molar-refractivity contribution in [3.05, 3.63) is 28.8 Å². The molecule has 5 nitrogen and oxygen atoms in total. The molecule has 0 radical (unpaired) electrons. The SMILES string of the molecule is C[C@@H](O)c1ccc(OC2CS(=O)(=O)CC2O)c(Cl)c1. The largest absolute Gasteiger partial charge is 0.485 e. The lowest BCUT2D eigenvalue weighted by Crippen LogP contribution is -2.29. The highest BCUT2D eigenvalue weighted by molar-refractivity contribution is 7.91. The predicted octanol–water partition coefficient (Wildman–Crippen LogP) is 0.930. The molecule has 1 fully saturated rings. The van der Waals surface area contributed by atoms with Crippen molar-refractivity contribution in [2.45, 2.75) is 25.2 Å². The van der Waals surface area contributed by atoms with Gasteiger partial charge in [-0.25, -0.2) is 8.42 Å². The first-order valence-corrected chi connectivity index (χ1v) is 8.01. The molecule has 0 saturated carbocycles. The third kappa shape index (κ3) is 3.39. The lowest BCUT2D eigenvalue weighted by molar-refractivity contribution is 0.0738. The molecular formula is C12H15ClO5S. The number of benzene rings is 1. The van der Waals surface area contributed by atoms with Crippen molar-refractivity contribution in [2.24, 2.45) is 0 Å². The van der Waals surface area contributed by atoms with E-state index in [2.05, 4.69) is 0 Å². The summed E-state index contributed by atoms with van der Waals surface area (Å²) in [5.41, 5.74) is 0.636. The minimum atomic E-state index is -3.26. The van der Waals surface area contributed by atoms with Crippen LogP contribution in [0.2, 0.25) is 5.02 Å². The highest BCUT2D eigenvalue weighted by Crippen LogP contribution is 2.30. The molecule has 0 spiro atoms. The molecule has 19 heavy (non-hydrogen) atoms. The van der Waals surface area contributed by atoms with E-state index in [1.165, 1.54) is 0 Å². The Labute approximate surface area is 116 Å². The van der Waals surface area contributed by atoms with Gasteiger partial charge >= 0.3 is 0 Å². The molecule has 7 heteroatoms. The highest BCUT2D eigenvalue weighted by Gasteiger charge is 2.38. The van der Waals surface area contributed by atoms with Crippen molar-refractivity contribution < 1.29 is 23.4 Å². The Balaban J connectivity index is 2.16. The maximum absolute atomic E-state index is 11.4. The van der Waals surface area contributed by atoms with Crippen molar-refractivity contribution in [1.29, 1.82) is 0 Å². The number of rotatable bonds is 3. The minimum absolute atomic E-state index is 0.220. The maximum atomic E-state index is 11.4. The van der Waals surface area contributed by atoms with E-state index >= 15 is 0 Å². The molecule has 0 aromatic heterocycles. The zero-order chi connectivity index (χ0) is 14.2. The second-order valence-corrected chi connectivity index (χ2v) is 7.23. The summed E-state index contributed by atoms with van der Waals surface area (Å²) in [6.07, 6.45) is -2.50. The van der Waals surface area contributed by atoms with Gasteiger partial charge in [-0.1, -0.05) is 17.7 Å². The van der Waals surface area contributed by atoms with Gasteiger partial charge in [-0.15, -0.1) is 0 Å². The average molecular weight is 307 g/mol. The standard InChI is InChI=1S/C12H15ClO5S/c1-7(14)8-2-3-11(9(13)4-8)18-12-6-19(16,17)5-10(12)15/h2-4,7,10,12,14-15H,5-6H2,1H3/t7-,10?,12?/m1/s1. The number of sulfone groups is 1. The first kappa shape index (κ1) is 14.6. The third-order valence-corrected chi connectivity index (χ3v) is 4.97. The smallest absolute Gasteiger partial charge is 0.156 e. The number of aliphatic hydroxyl groups excluding tert-OH is 2. The normalized spacial score (nSPS) is 27.2. The Morgan fingerprint density at radius 2 is 2.11 bits per heavy atom. The Kier molecular flexibility index (Phi) is 4.06. The molecule has 0 bridgehead atoms. The minimum Gasteiger partial charge on any atom is -0.485 e. The molecule has 0 amide bonds. The van der Waals surface area contributed by atoms with Crippen LogP contribution in [0, 0.1) is 0 Å². The Bertz CT molecular complexity index is 569. The van der Waals surface area contributed by atoms with Crippen LogP contribution in [0.25, 0.3) is 0 Å². The fourth-order valence-electron chi connectivity index (χ4n) is 1.95. The van der Waals surface area contributed by atoms with E-state index in [1.807, 2.05) is 0 Å².